The van der Waals surface area contributed by atoms with Crippen LogP contribution in [0.2, 0.25) is 5.15 Å². The highest BCUT2D eigenvalue weighted by Gasteiger charge is 2.25. The van der Waals surface area contributed by atoms with Crippen molar-refractivity contribution in [3.05, 3.63) is 16.5 Å². The molecule has 2 rings (SSSR count). The van der Waals surface area contributed by atoms with Crippen molar-refractivity contribution in [2.24, 2.45) is 0 Å². The number of β-amino-alcohol motifs (C(OH)–C–C–N with tert-alkyl or cyclic N) is 1. The van der Waals surface area contributed by atoms with Crippen LogP contribution < -0.4 is 4.90 Å². The molecule has 1 aliphatic heterocycles. The van der Waals surface area contributed by atoms with Gasteiger partial charge in [-0.25, -0.2) is 9.97 Å². The summed E-state index contributed by atoms with van der Waals surface area (Å²) in [7, 11) is 0. The minimum Gasteiger partial charge on any atom is -0.395 e. The lowest BCUT2D eigenvalue weighted by Gasteiger charge is -2.36. The molecule has 0 aromatic carbocycles. The molecule has 21 heavy (non-hydrogen) atoms. The van der Waals surface area contributed by atoms with Crippen molar-refractivity contribution < 1.29 is 5.11 Å². The highest BCUT2D eigenvalue weighted by Crippen LogP contribution is 2.28. The smallest absolute Gasteiger partial charge is 0.137 e. The summed E-state index contributed by atoms with van der Waals surface area (Å²) in [4.78, 5) is 13.7. The van der Waals surface area contributed by atoms with Gasteiger partial charge in [0.25, 0.3) is 0 Å². The molecule has 1 aromatic heterocycles. The summed E-state index contributed by atoms with van der Waals surface area (Å²) >= 11 is 6.30. The summed E-state index contributed by atoms with van der Waals surface area (Å²) in [6.45, 7) is 12.9. The van der Waals surface area contributed by atoms with Crippen molar-refractivity contribution in [2.75, 3.05) is 44.2 Å². The fourth-order valence-corrected chi connectivity index (χ4v) is 2.61. The average molecular weight is 313 g/mol. The molecule has 0 spiro atoms. The van der Waals surface area contributed by atoms with Crippen LogP contribution in [0.5, 0.6) is 0 Å². The normalized spacial score (nSPS) is 17.3. The highest BCUT2D eigenvalue weighted by molar-refractivity contribution is 6.30. The Hall–Kier alpha value is -0.910. The van der Waals surface area contributed by atoms with Gasteiger partial charge in [0.05, 0.1) is 6.61 Å². The third-order valence-electron chi connectivity index (χ3n) is 3.82. The molecule has 1 aromatic rings. The summed E-state index contributed by atoms with van der Waals surface area (Å²) in [6, 6.07) is 0. The predicted octanol–water partition coefficient (Wildman–Crippen LogP) is 1.85. The van der Waals surface area contributed by atoms with Crippen LogP contribution in [0.15, 0.2) is 0 Å². The Morgan fingerprint density at radius 2 is 1.76 bits per heavy atom. The number of aliphatic hydroxyl groups is 1. The lowest BCUT2D eigenvalue weighted by molar-refractivity contribution is 0.188. The third kappa shape index (κ3) is 3.84. The first-order chi connectivity index (χ1) is 9.82. The van der Waals surface area contributed by atoms with E-state index in [0.29, 0.717) is 5.15 Å². The van der Waals surface area contributed by atoms with Gasteiger partial charge in [-0.05, 0) is 6.92 Å². The largest absolute Gasteiger partial charge is 0.395 e. The Balaban J connectivity index is 2.22. The Labute approximate surface area is 131 Å². The van der Waals surface area contributed by atoms with E-state index < -0.39 is 0 Å². The molecule has 2 heterocycles. The molecule has 0 amide bonds. The van der Waals surface area contributed by atoms with Crippen LogP contribution in [-0.4, -0.2) is 59.3 Å². The number of halogens is 1. The zero-order valence-corrected chi connectivity index (χ0v) is 14.1. The van der Waals surface area contributed by atoms with Gasteiger partial charge in [-0.15, -0.1) is 0 Å². The number of hydrogen-bond acceptors (Lipinski definition) is 5. The quantitative estimate of drug-likeness (QED) is 0.863. The lowest BCUT2D eigenvalue weighted by Crippen LogP contribution is -2.47. The molecule has 5 nitrogen and oxygen atoms in total. The molecule has 1 N–H and O–H groups in total. The summed E-state index contributed by atoms with van der Waals surface area (Å²) < 4.78 is 0. The zero-order valence-electron chi connectivity index (χ0n) is 13.4. The first kappa shape index (κ1) is 16.5. The fraction of sp³-hybridized carbons (Fsp3) is 0.733. The second-order valence-corrected chi connectivity index (χ2v) is 6.95. The van der Waals surface area contributed by atoms with E-state index in [2.05, 4.69) is 35.6 Å². The van der Waals surface area contributed by atoms with Crippen molar-refractivity contribution in [3.63, 3.8) is 0 Å². The number of anilines is 1. The maximum atomic E-state index is 9.01. The molecular formula is C15H25ClN4O. The van der Waals surface area contributed by atoms with Crippen molar-refractivity contribution >= 4 is 17.4 Å². The van der Waals surface area contributed by atoms with E-state index in [4.69, 9.17) is 21.7 Å². The summed E-state index contributed by atoms with van der Waals surface area (Å²) in [5.41, 5.74) is 0.824. The van der Waals surface area contributed by atoms with Gasteiger partial charge in [0.2, 0.25) is 0 Å². The predicted molar refractivity (Wildman–Crippen MR) is 86.2 cm³/mol. The molecule has 1 saturated heterocycles. The maximum absolute atomic E-state index is 9.01. The highest BCUT2D eigenvalue weighted by atomic mass is 35.5. The van der Waals surface area contributed by atoms with Crippen molar-refractivity contribution in [3.8, 4) is 0 Å². The van der Waals surface area contributed by atoms with Crippen LogP contribution in [0.25, 0.3) is 0 Å². The number of aliphatic hydroxyl groups excluding tert-OH is 1. The van der Waals surface area contributed by atoms with Crippen LogP contribution in [0.3, 0.4) is 0 Å². The Morgan fingerprint density at radius 1 is 1.14 bits per heavy atom. The van der Waals surface area contributed by atoms with Gasteiger partial charge in [-0.1, -0.05) is 32.4 Å². The first-order valence-corrected chi connectivity index (χ1v) is 7.83. The summed E-state index contributed by atoms with van der Waals surface area (Å²) in [5.74, 6) is 1.73. The molecule has 0 atom stereocenters. The molecule has 1 fully saturated rings. The molecule has 0 radical (unpaired) electrons. The number of hydrogen-bond donors (Lipinski definition) is 1. The number of nitrogens with zero attached hydrogens (tertiary/aromatic N) is 4. The van der Waals surface area contributed by atoms with Gasteiger partial charge in [-0.2, -0.15) is 0 Å². The molecule has 1 aliphatic rings. The zero-order chi connectivity index (χ0) is 15.6. The van der Waals surface area contributed by atoms with Gasteiger partial charge < -0.3 is 10.0 Å². The molecule has 118 valence electrons. The average Bonchev–Trinajstić information content (AvgIpc) is 2.42. The van der Waals surface area contributed by atoms with Gasteiger partial charge in [0.1, 0.15) is 16.8 Å². The lowest BCUT2D eigenvalue weighted by atomic mass is 9.95. The molecule has 0 bridgehead atoms. The number of piperazine rings is 1. The monoisotopic (exact) mass is 312 g/mol. The van der Waals surface area contributed by atoms with E-state index in [0.717, 1.165) is 49.9 Å². The minimum absolute atomic E-state index is 0.120. The molecular weight excluding hydrogens is 288 g/mol. The third-order valence-corrected chi connectivity index (χ3v) is 4.19. The van der Waals surface area contributed by atoms with Crippen molar-refractivity contribution in [2.45, 2.75) is 33.1 Å². The van der Waals surface area contributed by atoms with E-state index in [1.54, 1.807) is 0 Å². The second-order valence-electron chi connectivity index (χ2n) is 6.59. The van der Waals surface area contributed by atoms with Crippen LogP contribution in [0, 0.1) is 6.92 Å². The second kappa shape index (κ2) is 6.46. The Bertz CT molecular complexity index is 493. The minimum atomic E-state index is -0.120. The topological polar surface area (TPSA) is 52.5 Å². The Kier molecular flexibility index (Phi) is 5.07. The van der Waals surface area contributed by atoms with Gasteiger partial charge >= 0.3 is 0 Å². The summed E-state index contributed by atoms with van der Waals surface area (Å²) in [5, 5.41) is 9.56. The maximum Gasteiger partial charge on any atom is 0.137 e. The van der Waals surface area contributed by atoms with E-state index >= 15 is 0 Å². The van der Waals surface area contributed by atoms with Gasteiger partial charge in [0, 0.05) is 43.7 Å². The van der Waals surface area contributed by atoms with Crippen LogP contribution in [0.1, 0.15) is 32.2 Å². The molecule has 6 heteroatoms. The summed E-state index contributed by atoms with van der Waals surface area (Å²) in [6.07, 6.45) is 0. The number of aromatic nitrogens is 2. The van der Waals surface area contributed by atoms with Crippen LogP contribution in [-0.2, 0) is 5.41 Å². The van der Waals surface area contributed by atoms with Crippen LogP contribution in [0.4, 0.5) is 5.82 Å². The van der Waals surface area contributed by atoms with Gasteiger partial charge in [-0.3, -0.25) is 4.90 Å². The van der Waals surface area contributed by atoms with Crippen LogP contribution >= 0.6 is 11.6 Å². The van der Waals surface area contributed by atoms with E-state index in [9.17, 15) is 0 Å². The van der Waals surface area contributed by atoms with E-state index in [-0.39, 0.29) is 12.0 Å². The van der Waals surface area contributed by atoms with Gasteiger partial charge in [0.15, 0.2) is 0 Å². The fourth-order valence-electron chi connectivity index (χ4n) is 2.45. The molecule has 0 aliphatic carbocycles. The Morgan fingerprint density at radius 3 is 2.29 bits per heavy atom. The van der Waals surface area contributed by atoms with Crippen molar-refractivity contribution in [1.82, 2.24) is 14.9 Å². The van der Waals surface area contributed by atoms with Crippen molar-refractivity contribution in [1.29, 1.82) is 0 Å². The SMILES string of the molecule is Cc1c(Cl)nc(C(C)(C)C)nc1N1CCN(CCO)CC1. The standard InChI is InChI=1S/C15H25ClN4O/c1-11-12(16)17-14(15(2,3)4)18-13(11)20-7-5-19(6-8-20)9-10-21/h21H,5-10H2,1-4H3. The first-order valence-electron chi connectivity index (χ1n) is 7.45. The molecule has 0 unspecified atom stereocenters. The van der Waals surface area contributed by atoms with E-state index in [1.165, 1.54) is 0 Å². The molecule has 0 saturated carbocycles. The van der Waals surface area contributed by atoms with E-state index in [1.807, 2.05) is 6.92 Å². The number of rotatable bonds is 3.